The van der Waals surface area contributed by atoms with E-state index >= 15 is 0 Å². The smallest absolute Gasteiger partial charge is 0.119 e. The lowest BCUT2D eigenvalue weighted by Gasteiger charge is -2.18. The first kappa shape index (κ1) is 8.36. The van der Waals surface area contributed by atoms with Crippen LogP contribution < -0.4 is 4.74 Å². The van der Waals surface area contributed by atoms with Gasteiger partial charge in [0.15, 0.2) is 0 Å². The van der Waals surface area contributed by atoms with Crippen LogP contribution in [0.5, 0.6) is 5.75 Å². The lowest BCUT2D eigenvalue weighted by Crippen LogP contribution is -2.01. The summed E-state index contributed by atoms with van der Waals surface area (Å²) < 4.78 is 5.19. The molecule has 0 bridgehead atoms. The number of methoxy groups -OCH3 is 1. The minimum absolute atomic E-state index is 0.952. The maximum Gasteiger partial charge on any atom is 0.119 e. The molecule has 0 unspecified atom stereocenters. The number of fused-ring (bicyclic) bond motifs is 1. The third kappa shape index (κ3) is 1.46. The summed E-state index contributed by atoms with van der Waals surface area (Å²) in [4.78, 5) is 0. The summed E-state index contributed by atoms with van der Waals surface area (Å²) in [6.07, 6.45) is 3.52. The van der Waals surface area contributed by atoms with Crippen LogP contribution in [0.3, 0.4) is 0 Å². The molecule has 1 heteroatoms. The Labute approximate surface area is 79.0 Å². The van der Waals surface area contributed by atoms with E-state index in [-0.39, 0.29) is 0 Å². The van der Waals surface area contributed by atoms with Crippen molar-refractivity contribution in [3.63, 3.8) is 0 Å². The van der Waals surface area contributed by atoms with Crippen LogP contribution in [-0.2, 0) is 6.42 Å². The summed E-state index contributed by atoms with van der Waals surface area (Å²) in [5.41, 5.74) is 3.98. The van der Waals surface area contributed by atoms with Crippen molar-refractivity contribution in [1.82, 2.24) is 0 Å². The molecule has 0 saturated carbocycles. The Hall–Kier alpha value is -1.24. The van der Waals surface area contributed by atoms with Crippen LogP contribution in [0.25, 0.3) is 5.57 Å². The summed E-state index contributed by atoms with van der Waals surface area (Å²) in [5, 5.41) is 0. The SMILES string of the molecule is C=C1CCCc2cc(OC)ccc21. The van der Waals surface area contributed by atoms with E-state index < -0.39 is 0 Å². The average molecular weight is 174 g/mol. The second-order valence-corrected chi connectivity index (χ2v) is 3.48. The molecule has 0 aromatic heterocycles. The zero-order chi connectivity index (χ0) is 9.26. The fraction of sp³-hybridized carbons (Fsp3) is 0.333. The Morgan fingerprint density at radius 2 is 2.15 bits per heavy atom. The quantitative estimate of drug-likeness (QED) is 0.635. The molecule has 0 radical (unpaired) electrons. The predicted molar refractivity (Wildman–Crippen MR) is 55.0 cm³/mol. The summed E-state index contributed by atoms with van der Waals surface area (Å²) in [6, 6.07) is 6.25. The van der Waals surface area contributed by atoms with E-state index in [0.717, 1.165) is 18.6 Å². The molecule has 0 fully saturated rings. The van der Waals surface area contributed by atoms with Gasteiger partial charge in [0.05, 0.1) is 7.11 Å². The average Bonchev–Trinajstić information content (AvgIpc) is 2.18. The second-order valence-electron chi connectivity index (χ2n) is 3.48. The summed E-state index contributed by atoms with van der Waals surface area (Å²) >= 11 is 0. The minimum Gasteiger partial charge on any atom is -0.497 e. The first-order valence-corrected chi connectivity index (χ1v) is 4.66. The van der Waals surface area contributed by atoms with Gasteiger partial charge in [0.1, 0.15) is 5.75 Å². The zero-order valence-corrected chi connectivity index (χ0v) is 7.97. The lowest BCUT2D eigenvalue weighted by molar-refractivity contribution is 0.414. The van der Waals surface area contributed by atoms with Gasteiger partial charge in [-0.25, -0.2) is 0 Å². The number of hydrogen-bond acceptors (Lipinski definition) is 1. The number of allylic oxidation sites excluding steroid dienone is 1. The van der Waals surface area contributed by atoms with Crippen molar-refractivity contribution in [2.75, 3.05) is 7.11 Å². The highest BCUT2D eigenvalue weighted by molar-refractivity contribution is 5.68. The molecule has 2 rings (SSSR count). The van der Waals surface area contributed by atoms with Crippen molar-refractivity contribution in [3.8, 4) is 5.75 Å². The Morgan fingerprint density at radius 3 is 2.92 bits per heavy atom. The third-order valence-electron chi connectivity index (χ3n) is 2.62. The molecule has 0 saturated heterocycles. The molecular weight excluding hydrogens is 160 g/mol. The van der Waals surface area contributed by atoms with Gasteiger partial charge in [-0.15, -0.1) is 0 Å². The summed E-state index contributed by atoms with van der Waals surface area (Å²) in [7, 11) is 1.71. The second kappa shape index (κ2) is 3.25. The Bertz CT molecular complexity index is 339. The fourth-order valence-electron chi connectivity index (χ4n) is 1.88. The van der Waals surface area contributed by atoms with Gasteiger partial charge in [-0.2, -0.15) is 0 Å². The number of ether oxygens (including phenoxy) is 1. The van der Waals surface area contributed by atoms with E-state index in [2.05, 4.69) is 18.7 Å². The first-order chi connectivity index (χ1) is 6.31. The van der Waals surface area contributed by atoms with Crippen LogP contribution in [0, 0.1) is 0 Å². The molecule has 1 aliphatic rings. The molecule has 0 heterocycles. The largest absolute Gasteiger partial charge is 0.497 e. The van der Waals surface area contributed by atoms with Crippen LogP contribution in [0.2, 0.25) is 0 Å². The van der Waals surface area contributed by atoms with Gasteiger partial charge in [-0.1, -0.05) is 12.6 Å². The Morgan fingerprint density at radius 1 is 1.31 bits per heavy atom. The van der Waals surface area contributed by atoms with Crippen LogP contribution in [-0.4, -0.2) is 7.11 Å². The molecule has 1 aromatic rings. The molecule has 0 amide bonds. The first-order valence-electron chi connectivity index (χ1n) is 4.66. The fourth-order valence-corrected chi connectivity index (χ4v) is 1.88. The highest BCUT2D eigenvalue weighted by atomic mass is 16.5. The van der Waals surface area contributed by atoms with Gasteiger partial charge in [0, 0.05) is 0 Å². The number of aryl methyl sites for hydroxylation is 1. The molecule has 13 heavy (non-hydrogen) atoms. The predicted octanol–water partition coefficient (Wildman–Crippen LogP) is 3.04. The van der Waals surface area contributed by atoms with Crippen LogP contribution >= 0.6 is 0 Å². The number of hydrogen-bond donors (Lipinski definition) is 0. The minimum atomic E-state index is 0.952. The van der Waals surface area contributed by atoms with Crippen molar-refractivity contribution >= 4 is 5.57 Å². The molecule has 0 atom stereocenters. The molecule has 1 aliphatic carbocycles. The van der Waals surface area contributed by atoms with Crippen molar-refractivity contribution in [2.45, 2.75) is 19.3 Å². The standard InChI is InChI=1S/C12H14O/c1-9-4-3-5-10-8-11(13-2)6-7-12(9)10/h6-8H,1,3-5H2,2H3. The zero-order valence-electron chi connectivity index (χ0n) is 7.97. The Balaban J connectivity index is 2.45. The molecule has 68 valence electrons. The van der Waals surface area contributed by atoms with E-state index in [9.17, 15) is 0 Å². The number of benzene rings is 1. The van der Waals surface area contributed by atoms with Gasteiger partial charge in [0.2, 0.25) is 0 Å². The van der Waals surface area contributed by atoms with Crippen molar-refractivity contribution < 1.29 is 4.74 Å². The van der Waals surface area contributed by atoms with Crippen molar-refractivity contribution in [2.24, 2.45) is 0 Å². The van der Waals surface area contributed by atoms with Gasteiger partial charge >= 0.3 is 0 Å². The van der Waals surface area contributed by atoms with Crippen molar-refractivity contribution in [3.05, 3.63) is 35.9 Å². The normalized spacial score (nSPS) is 15.3. The number of rotatable bonds is 1. The maximum atomic E-state index is 5.19. The molecule has 0 N–H and O–H groups in total. The van der Waals surface area contributed by atoms with E-state index in [4.69, 9.17) is 4.74 Å². The van der Waals surface area contributed by atoms with E-state index in [1.807, 2.05) is 6.07 Å². The summed E-state index contributed by atoms with van der Waals surface area (Å²) in [6.45, 7) is 4.07. The van der Waals surface area contributed by atoms with Crippen molar-refractivity contribution in [1.29, 1.82) is 0 Å². The van der Waals surface area contributed by atoms with Gasteiger partial charge in [-0.3, -0.25) is 0 Å². The van der Waals surface area contributed by atoms with Gasteiger partial charge < -0.3 is 4.74 Å². The van der Waals surface area contributed by atoms with E-state index in [1.165, 1.54) is 23.1 Å². The van der Waals surface area contributed by atoms with E-state index in [0.29, 0.717) is 0 Å². The maximum absolute atomic E-state index is 5.19. The van der Waals surface area contributed by atoms with Crippen LogP contribution in [0.1, 0.15) is 24.0 Å². The van der Waals surface area contributed by atoms with Gasteiger partial charge in [-0.05, 0) is 48.1 Å². The molecule has 0 spiro atoms. The monoisotopic (exact) mass is 174 g/mol. The molecule has 0 aliphatic heterocycles. The summed E-state index contributed by atoms with van der Waals surface area (Å²) in [5.74, 6) is 0.952. The van der Waals surface area contributed by atoms with E-state index in [1.54, 1.807) is 7.11 Å². The molecule has 1 nitrogen and oxygen atoms in total. The Kier molecular flexibility index (Phi) is 2.09. The third-order valence-corrected chi connectivity index (χ3v) is 2.62. The molecular formula is C12H14O. The van der Waals surface area contributed by atoms with Gasteiger partial charge in [0.25, 0.3) is 0 Å². The highest BCUT2D eigenvalue weighted by Crippen LogP contribution is 2.31. The highest BCUT2D eigenvalue weighted by Gasteiger charge is 2.12. The van der Waals surface area contributed by atoms with Crippen LogP contribution in [0.15, 0.2) is 24.8 Å². The molecule has 1 aromatic carbocycles. The topological polar surface area (TPSA) is 9.23 Å². The lowest BCUT2D eigenvalue weighted by atomic mass is 9.88. The van der Waals surface area contributed by atoms with Crippen LogP contribution in [0.4, 0.5) is 0 Å².